The molecule has 1 aliphatic carbocycles. The summed E-state index contributed by atoms with van der Waals surface area (Å²) in [7, 11) is 0. The van der Waals surface area contributed by atoms with Gasteiger partial charge in [0.05, 0.1) is 0 Å². The molecule has 96 valence electrons. The first-order valence-electron chi connectivity index (χ1n) is 6.59. The number of hydrogen-bond acceptors (Lipinski definition) is 2. The van der Waals surface area contributed by atoms with Crippen molar-refractivity contribution in [2.75, 3.05) is 5.75 Å². The van der Waals surface area contributed by atoms with Crippen LogP contribution >= 0.6 is 11.8 Å². The summed E-state index contributed by atoms with van der Waals surface area (Å²) in [5, 5.41) is 0.811. The van der Waals surface area contributed by atoms with Crippen molar-refractivity contribution in [2.24, 2.45) is 16.6 Å². The topological polar surface area (TPSA) is 26.0 Å². The molecule has 1 saturated carbocycles. The van der Waals surface area contributed by atoms with Gasteiger partial charge in [-0.05, 0) is 35.8 Å². The van der Waals surface area contributed by atoms with E-state index in [1.54, 1.807) is 0 Å². The molecule has 2 unspecified atom stereocenters. The second kappa shape index (κ2) is 5.30. The monoisotopic (exact) mass is 243 g/mol. The maximum Gasteiger partial charge on any atom is 0.00619 e. The van der Waals surface area contributed by atoms with Gasteiger partial charge in [-0.15, -0.1) is 0 Å². The van der Waals surface area contributed by atoms with Crippen LogP contribution in [0.25, 0.3) is 0 Å². The molecule has 1 fully saturated rings. The minimum atomic E-state index is 0.386. The van der Waals surface area contributed by atoms with E-state index in [0.29, 0.717) is 16.9 Å². The molecular formula is C14H29NS. The number of nitrogens with two attached hydrogens (primary N) is 1. The van der Waals surface area contributed by atoms with Gasteiger partial charge in [-0.1, -0.05) is 41.0 Å². The van der Waals surface area contributed by atoms with Gasteiger partial charge in [0, 0.05) is 11.3 Å². The summed E-state index contributed by atoms with van der Waals surface area (Å²) in [6.07, 6.45) is 5.16. The van der Waals surface area contributed by atoms with Crippen molar-refractivity contribution >= 4 is 11.8 Å². The molecular weight excluding hydrogens is 214 g/mol. The van der Waals surface area contributed by atoms with Gasteiger partial charge < -0.3 is 5.73 Å². The second-order valence-electron chi connectivity index (χ2n) is 6.99. The summed E-state index contributed by atoms with van der Waals surface area (Å²) in [4.78, 5) is 0. The number of hydrogen-bond donors (Lipinski definition) is 1. The Hall–Kier alpha value is 0.310. The fourth-order valence-electron chi connectivity index (χ4n) is 1.88. The van der Waals surface area contributed by atoms with Crippen molar-refractivity contribution in [2.45, 2.75) is 71.6 Å². The van der Waals surface area contributed by atoms with Gasteiger partial charge >= 0.3 is 0 Å². The van der Waals surface area contributed by atoms with Gasteiger partial charge in [0.25, 0.3) is 0 Å². The predicted molar refractivity (Wildman–Crippen MR) is 75.9 cm³/mol. The molecule has 1 nitrogen and oxygen atoms in total. The number of rotatable bonds is 3. The van der Waals surface area contributed by atoms with Crippen molar-refractivity contribution in [3.05, 3.63) is 0 Å². The summed E-state index contributed by atoms with van der Waals surface area (Å²) in [6, 6.07) is 0.462. The van der Waals surface area contributed by atoms with E-state index in [1.165, 1.54) is 31.4 Å². The van der Waals surface area contributed by atoms with E-state index < -0.39 is 0 Å². The van der Waals surface area contributed by atoms with Crippen molar-refractivity contribution in [3.8, 4) is 0 Å². The Morgan fingerprint density at radius 1 is 1.12 bits per heavy atom. The largest absolute Gasteiger partial charge is 0.328 e. The molecule has 16 heavy (non-hydrogen) atoms. The molecule has 2 heteroatoms. The third-order valence-corrected chi connectivity index (χ3v) is 6.16. The van der Waals surface area contributed by atoms with E-state index in [4.69, 9.17) is 5.73 Å². The molecule has 0 radical (unpaired) electrons. The first-order valence-corrected chi connectivity index (χ1v) is 7.64. The molecule has 0 bridgehead atoms. The van der Waals surface area contributed by atoms with Gasteiger partial charge in [-0.3, -0.25) is 0 Å². The Balaban J connectivity index is 2.39. The minimum Gasteiger partial charge on any atom is -0.328 e. The van der Waals surface area contributed by atoms with Crippen LogP contribution in [0.2, 0.25) is 0 Å². The van der Waals surface area contributed by atoms with Gasteiger partial charge in [0.2, 0.25) is 0 Å². The number of thioether (sulfide) groups is 1. The summed E-state index contributed by atoms with van der Waals surface area (Å²) in [5.41, 5.74) is 6.82. The van der Waals surface area contributed by atoms with Gasteiger partial charge in [-0.2, -0.15) is 11.8 Å². The normalized spacial score (nSPS) is 28.1. The van der Waals surface area contributed by atoms with E-state index in [2.05, 4.69) is 46.4 Å². The lowest BCUT2D eigenvalue weighted by molar-refractivity contribution is 0.162. The van der Waals surface area contributed by atoms with Crippen LogP contribution in [0.3, 0.4) is 0 Å². The Labute approximate surface area is 106 Å². The Morgan fingerprint density at radius 3 is 2.25 bits per heavy atom. The zero-order valence-corrected chi connectivity index (χ0v) is 12.5. The lowest BCUT2D eigenvalue weighted by Crippen LogP contribution is -2.34. The van der Waals surface area contributed by atoms with Crippen molar-refractivity contribution in [1.82, 2.24) is 0 Å². The maximum absolute atomic E-state index is 6.04. The molecule has 0 aromatic rings. The summed E-state index contributed by atoms with van der Waals surface area (Å²) in [5.74, 6) is 1.26. The fraction of sp³-hybridized carbons (Fsp3) is 1.00. The average molecular weight is 243 g/mol. The van der Waals surface area contributed by atoms with Gasteiger partial charge in [-0.25, -0.2) is 0 Å². The van der Waals surface area contributed by atoms with Gasteiger partial charge in [0.1, 0.15) is 0 Å². The third-order valence-electron chi connectivity index (χ3n) is 4.38. The van der Waals surface area contributed by atoms with Gasteiger partial charge in [0.15, 0.2) is 0 Å². The molecule has 0 spiro atoms. The standard InChI is InChI=1S/C14H29NS/c1-13(2,3)14(4,5)10-16-12-8-6-7-11(15)9-12/h11-12H,6-10,15H2,1-5H3. The highest BCUT2D eigenvalue weighted by atomic mass is 32.2. The molecule has 0 saturated heterocycles. The van der Waals surface area contributed by atoms with E-state index in [0.717, 1.165) is 5.25 Å². The van der Waals surface area contributed by atoms with Crippen LogP contribution in [0.5, 0.6) is 0 Å². The minimum absolute atomic E-state index is 0.386. The molecule has 1 aliphatic rings. The van der Waals surface area contributed by atoms with Crippen LogP contribution in [0.15, 0.2) is 0 Å². The van der Waals surface area contributed by atoms with Crippen LogP contribution in [-0.4, -0.2) is 17.0 Å². The van der Waals surface area contributed by atoms with Crippen LogP contribution < -0.4 is 5.73 Å². The second-order valence-corrected chi connectivity index (χ2v) is 8.28. The summed E-state index contributed by atoms with van der Waals surface area (Å²) in [6.45, 7) is 11.8. The Kier molecular flexibility index (Phi) is 4.76. The van der Waals surface area contributed by atoms with E-state index in [1.807, 2.05) is 0 Å². The summed E-state index contributed by atoms with van der Waals surface area (Å²) < 4.78 is 0. The quantitative estimate of drug-likeness (QED) is 0.809. The van der Waals surface area contributed by atoms with Crippen LogP contribution in [0.4, 0.5) is 0 Å². The Morgan fingerprint density at radius 2 is 1.75 bits per heavy atom. The molecule has 0 aromatic carbocycles. The van der Waals surface area contributed by atoms with Crippen molar-refractivity contribution < 1.29 is 0 Å². The predicted octanol–water partition coefficient (Wildman–Crippen LogP) is 4.06. The molecule has 2 atom stereocenters. The van der Waals surface area contributed by atoms with E-state index in [-0.39, 0.29) is 0 Å². The zero-order valence-electron chi connectivity index (χ0n) is 11.7. The van der Waals surface area contributed by atoms with Crippen molar-refractivity contribution in [3.63, 3.8) is 0 Å². The van der Waals surface area contributed by atoms with E-state index >= 15 is 0 Å². The van der Waals surface area contributed by atoms with Crippen molar-refractivity contribution in [1.29, 1.82) is 0 Å². The smallest absolute Gasteiger partial charge is 0.00619 e. The molecule has 2 N–H and O–H groups in total. The molecule has 0 aliphatic heterocycles. The highest BCUT2D eigenvalue weighted by Gasteiger charge is 2.33. The van der Waals surface area contributed by atoms with E-state index in [9.17, 15) is 0 Å². The highest BCUT2D eigenvalue weighted by Crippen LogP contribution is 2.42. The fourth-order valence-corrected chi connectivity index (χ4v) is 3.68. The summed E-state index contributed by atoms with van der Waals surface area (Å²) >= 11 is 2.15. The Bertz CT molecular complexity index is 217. The molecule has 0 aromatic heterocycles. The average Bonchev–Trinajstić information content (AvgIpc) is 2.13. The van der Waals surface area contributed by atoms with Crippen LogP contribution in [0.1, 0.15) is 60.3 Å². The SMILES string of the molecule is CC(C)(C)C(C)(C)CSC1CCCC(N)C1. The molecule has 0 amide bonds. The first kappa shape index (κ1) is 14.4. The first-order chi connectivity index (χ1) is 7.22. The zero-order chi connectivity index (χ0) is 12.4. The highest BCUT2D eigenvalue weighted by molar-refractivity contribution is 7.99. The third kappa shape index (κ3) is 3.96. The van der Waals surface area contributed by atoms with Crippen LogP contribution in [-0.2, 0) is 0 Å². The molecule has 0 heterocycles. The lowest BCUT2D eigenvalue weighted by atomic mass is 9.71. The maximum atomic E-state index is 6.04. The van der Waals surface area contributed by atoms with Crippen LogP contribution in [0, 0.1) is 10.8 Å². The lowest BCUT2D eigenvalue weighted by Gasteiger charge is -2.40. The molecule has 1 rings (SSSR count).